The van der Waals surface area contributed by atoms with E-state index in [4.69, 9.17) is 11.6 Å². The van der Waals surface area contributed by atoms with Gasteiger partial charge in [0.15, 0.2) is 5.15 Å². The van der Waals surface area contributed by atoms with Gasteiger partial charge < -0.3 is 9.90 Å². The number of halogens is 4. The fourth-order valence-electron chi connectivity index (χ4n) is 0.686. The zero-order valence-electron chi connectivity index (χ0n) is 5.80. The molecule has 0 aliphatic heterocycles. The van der Waals surface area contributed by atoms with Gasteiger partial charge in [-0.05, 0) is 0 Å². The summed E-state index contributed by atoms with van der Waals surface area (Å²) in [6, 6.07) is 0. The molecule has 0 N–H and O–H groups in total. The molecule has 0 unspecified atom stereocenters. The van der Waals surface area contributed by atoms with Crippen LogP contribution in [0.5, 0.6) is 0 Å². The first-order chi connectivity index (χ1) is 5.95. The predicted octanol–water partition coefficient (Wildman–Crippen LogP) is 0.434. The van der Waals surface area contributed by atoms with Crippen molar-refractivity contribution in [3.63, 3.8) is 0 Å². The number of carbonyl (C=O) groups excluding carboxylic acids is 1. The van der Waals surface area contributed by atoms with Crippen LogP contribution in [0.2, 0.25) is 5.15 Å². The van der Waals surface area contributed by atoms with E-state index in [2.05, 4.69) is 5.10 Å². The molecule has 0 bridgehead atoms. The maximum atomic E-state index is 12.7. The lowest BCUT2D eigenvalue weighted by atomic mass is 10.4. The highest BCUT2D eigenvalue weighted by Gasteiger charge is 2.22. The van der Waals surface area contributed by atoms with Crippen molar-refractivity contribution in [3.05, 3.63) is 16.7 Å². The van der Waals surface area contributed by atoms with Crippen molar-refractivity contribution in [2.24, 2.45) is 0 Å². The van der Waals surface area contributed by atoms with E-state index in [0.29, 0.717) is 0 Å². The smallest absolute Gasteiger partial charge is 0.335 e. The standard InChI is InChI=1S/C5H2ClF3N2O2/c6-2-1(4(12)13)3(7)11(10-2)5(8)9/h5H,(H,12,13)/p-1. The highest BCUT2D eigenvalue weighted by atomic mass is 35.5. The van der Waals surface area contributed by atoms with Crippen molar-refractivity contribution in [2.45, 2.75) is 6.55 Å². The van der Waals surface area contributed by atoms with Gasteiger partial charge in [-0.25, -0.2) is 0 Å². The van der Waals surface area contributed by atoms with Gasteiger partial charge >= 0.3 is 6.55 Å². The molecule has 0 saturated carbocycles. The number of carboxylic acids is 1. The average Bonchev–Trinajstić information content (AvgIpc) is 2.26. The topological polar surface area (TPSA) is 57.9 Å². The van der Waals surface area contributed by atoms with Crippen LogP contribution >= 0.6 is 11.6 Å². The summed E-state index contributed by atoms with van der Waals surface area (Å²) in [5, 5.41) is 12.0. The number of alkyl halides is 2. The lowest BCUT2D eigenvalue weighted by Gasteiger charge is -1.99. The average molecular weight is 214 g/mol. The number of rotatable bonds is 2. The first-order valence-electron chi connectivity index (χ1n) is 2.88. The van der Waals surface area contributed by atoms with Crippen LogP contribution in [0, 0.1) is 5.95 Å². The quantitative estimate of drug-likeness (QED) is 0.716. The van der Waals surface area contributed by atoms with Gasteiger partial charge in [-0.1, -0.05) is 11.6 Å². The Bertz CT molecular complexity index is 352. The van der Waals surface area contributed by atoms with Gasteiger partial charge in [0.05, 0.1) is 11.5 Å². The lowest BCUT2D eigenvalue weighted by Crippen LogP contribution is -2.23. The van der Waals surface area contributed by atoms with Gasteiger partial charge in [-0.15, -0.1) is 0 Å². The van der Waals surface area contributed by atoms with E-state index in [0.717, 1.165) is 0 Å². The van der Waals surface area contributed by atoms with E-state index < -0.39 is 33.9 Å². The molecule has 13 heavy (non-hydrogen) atoms. The molecular formula is C5HClF3N2O2-. The Hall–Kier alpha value is -1.24. The second kappa shape index (κ2) is 3.25. The second-order valence-electron chi connectivity index (χ2n) is 1.97. The van der Waals surface area contributed by atoms with E-state index >= 15 is 0 Å². The highest BCUT2D eigenvalue weighted by Crippen LogP contribution is 2.21. The van der Waals surface area contributed by atoms with Crippen LogP contribution in [-0.4, -0.2) is 15.7 Å². The number of hydrogen-bond donors (Lipinski definition) is 0. The Kier molecular flexibility index (Phi) is 2.46. The minimum Gasteiger partial charge on any atom is -0.545 e. The Morgan fingerprint density at radius 3 is 2.38 bits per heavy atom. The highest BCUT2D eigenvalue weighted by molar-refractivity contribution is 6.32. The van der Waals surface area contributed by atoms with Crippen molar-refractivity contribution in [1.82, 2.24) is 9.78 Å². The molecule has 8 heteroatoms. The van der Waals surface area contributed by atoms with Gasteiger partial charge in [-0.3, -0.25) is 0 Å². The number of hydrogen-bond acceptors (Lipinski definition) is 3. The zero-order chi connectivity index (χ0) is 10.2. The van der Waals surface area contributed by atoms with Crippen LogP contribution in [0.4, 0.5) is 13.2 Å². The molecule has 0 aliphatic rings. The van der Waals surface area contributed by atoms with Crippen LogP contribution in [-0.2, 0) is 0 Å². The van der Waals surface area contributed by atoms with Crippen molar-refractivity contribution < 1.29 is 23.1 Å². The van der Waals surface area contributed by atoms with Crippen molar-refractivity contribution in [3.8, 4) is 0 Å². The van der Waals surface area contributed by atoms with Gasteiger partial charge in [0.25, 0.3) is 0 Å². The molecule has 1 aromatic heterocycles. The van der Waals surface area contributed by atoms with E-state index in [-0.39, 0.29) is 0 Å². The Morgan fingerprint density at radius 2 is 2.15 bits per heavy atom. The normalized spacial score (nSPS) is 10.8. The molecule has 72 valence electrons. The van der Waals surface area contributed by atoms with E-state index in [1.165, 1.54) is 0 Å². The molecule has 0 amide bonds. The maximum absolute atomic E-state index is 12.7. The molecule has 4 nitrogen and oxygen atoms in total. The van der Waals surface area contributed by atoms with Gasteiger partial charge in [0.2, 0.25) is 5.95 Å². The first kappa shape index (κ1) is 9.85. The minimum atomic E-state index is -3.29. The number of aromatic nitrogens is 2. The van der Waals surface area contributed by atoms with E-state index in [9.17, 15) is 23.1 Å². The summed E-state index contributed by atoms with van der Waals surface area (Å²) in [7, 11) is 0. The molecule has 0 saturated heterocycles. The summed E-state index contributed by atoms with van der Waals surface area (Å²) >= 11 is 5.06. The molecule has 0 fully saturated rings. The monoisotopic (exact) mass is 213 g/mol. The van der Waals surface area contributed by atoms with Gasteiger partial charge in [0.1, 0.15) is 0 Å². The van der Waals surface area contributed by atoms with Crippen LogP contribution < -0.4 is 5.11 Å². The fourth-order valence-corrected chi connectivity index (χ4v) is 0.922. The third-order valence-electron chi connectivity index (χ3n) is 1.20. The van der Waals surface area contributed by atoms with Crippen molar-refractivity contribution >= 4 is 17.6 Å². The molecule has 0 atom stereocenters. The summed E-state index contributed by atoms with van der Waals surface area (Å²) in [6.45, 7) is -3.29. The van der Waals surface area contributed by atoms with E-state index in [1.54, 1.807) is 0 Å². The summed E-state index contributed by atoms with van der Waals surface area (Å²) in [5.74, 6) is -3.71. The number of carboxylic acid groups (broad SMARTS) is 1. The number of carbonyl (C=O) groups is 1. The van der Waals surface area contributed by atoms with Crippen LogP contribution in [0.1, 0.15) is 16.9 Å². The zero-order valence-corrected chi connectivity index (χ0v) is 6.56. The molecule has 1 heterocycles. The number of aromatic carboxylic acids is 1. The molecule has 0 spiro atoms. The largest absolute Gasteiger partial charge is 0.545 e. The van der Waals surface area contributed by atoms with Crippen LogP contribution in [0.15, 0.2) is 0 Å². The van der Waals surface area contributed by atoms with Crippen LogP contribution in [0.25, 0.3) is 0 Å². The SMILES string of the molecule is O=C([O-])c1c(Cl)nn(C(F)F)c1F. The van der Waals surface area contributed by atoms with Gasteiger partial charge in [-0.2, -0.15) is 23.0 Å². The van der Waals surface area contributed by atoms with Gasteiger partial charge in [0, 0.05) is 0 Å². The molecule has 0 aliphatic carbocycles. The number of nitrogens with zero attached hydrogens (tertiary/aromatic N) is 2. The van der Waals surface area contributed by atoms with Crippen molar-refractivity contribution in [2.75, 3.05) is 0 Å². The molecule has 0 radical (unpaired) electrons. The minimum absolute atomic E-state index is 0.437. The Labute approximate surface area is 74.5 Å². The molecule has 0 aromatic carbocycles. The first-order valence-corrected chi connectivity index (χ1v) is 3.26. The summed E-state index contributed by atoms with van der Waals surface area (Å²) in [4.78, 5) is 10.1. The Morgan fingerprint density at radius 1 is 1.62 bits per heavy atom. The molecule has 1 rings (SSSR count). The lowest BCUT2D eigenvalue weighted by molar-refractivity contribution is -0.255. The van der Waals surface area contributed by atoms with Crippen molar-refractivity contribution in [1.29, 1.82) is 0 Å². The second-order valence-corrected chi connectivity index (χ2v) is 2.32. The summed E-state index contributed by atoms with van der Waals surface area (Å²) in [5.41, 5.74) is -1.16. The summed E-state index contributed by atoms with van der Waals surface area (Å²) in [6.07, 6.45) is 0. The van der Waals surface area contributed by atoms with Crippen LogP contribution in [0.3, 0.4) is 0 Å². The third-order valence-corrected chi connectivity index (χ3v) is 1.46. The van der Waals surface area contributed by atoms with E-state index in [1.807, 2.05) is 0 Å². The molecular weight excluding hydrogens is 213 g/mol. The fraction of sp³-hybridized carbons (Fsp3) is 0.200. The Balaban J connectivity index is 3.30. The maximum Gasteiger partial charge on any atom is 0.335 e. The third kappa shape index (κ3) is 1.59. The summed E-state index contributed by atoms with van der Waals surface area (Å²) < 4.78 is 36.0. The molecule has 1 aromatic rings. The predicted molar refractivity (Wildman–Crippen MR) is 32.8 cm³/mol.